The van der Waals surface area contributed by atoms with Crippen LogP contribution in [0.4, 0.5) is 0 Å². The Balaban J connectivity index is 1.44. The molecule has 4 N–H and O–H groups in total. The van der Waals surface area contributed by atoms with Crippen LogP contribution in [0.15, 0.2) is 42.5 Å². The molecule has 4 rings (SSSR count). The van der Waals surface area contributed by atoms with Crippen molar-refractivity contribution < 1.29 is 19.5 Å². The lowest BCUT2D eigenvalue weighted by molar-refractivity contribution is -0.142. The first kappa shape index (κ1) is 29.0. The first-order valence-electron chi connectivity index (χ1n) is 14.6. The molecule has 3 amide bonds. The number of benzene rings is 2. The number of fused-ring (bicyclic) bond motifs is 1. The van der Waals surface area contributed by atoms with Gasteiger partial charge in [-0.2, -0.15) is 0 Å². The fourth-order valence-corrected chi connectivity index (χ4v) is 5.74. The summed E-state index contributed by atoms with van der Waals surface area (Å²) in [4.78, 5) is 41.7. The lowest BCUT2D eigenvalue weighted by atomic mass is 10.0. The number of nitrogens with one attached hydrogen (secondary N) is 3. The van der Waals surface area contributed by atoms with Gasteiger partial charge in [-0.15, -0.1) is 0 Å². The zero-order valence-electron chi connectivity index (χ0n) is 23.3. The van der Waals surface area contributed by atoms with Crippen molar-refractivity contribution >= 4 is 28.5 Å². The number of carbonyl (C=O) groups excluding carboxylic acids is 3. The van der Waals surface area contributed by atoms with Gasteiger partial charge in [-0.1, -0.05) is 69.2 Å². The summed E-state index contributed by atoms with van der Waals surface area (Å²) < 4.78 is 0. The van der Waals surface area contributed by atoms with Crippen LogP contribution in [0, 0.1) is 11.8 Å². The molecule has 2 aromatic rings. The van der Waals surface area contributed by atoms with Gasteiger partial charge >= 0.3 is 0 Å². The molecule has 39 heavy (non-hydrogen) atoms. The van der Waals surface area contributed by atoms with Crippen molar-refractivity contribution in [2.45, 2.75) is 77.0 Å². The van der Waals surface area contributed by atoms with E-state index in [-0.39, 0.29) is 30.2 Å². The van der Waals surface area contributed by atoms with E-state index in [9.17, 15) is 19.5 Å². The first-order chi connectivity index (χ1) is 18.8. The number of hydrogen-bond donors (Lipinski definition) is 4. The number of carbonyl (C=O) groups is 3. The second-order valence-electron chi connectivity index (χ2n) is 11.6. The average Bonchev–Trinajstić information content (AvgIpc) is 3.64. The summed E-state index contributed by atoms with van der Waals surface area (Å²) in [5, 5.41) is 21.5. The Bertz CT molecular complexity index is 1130. The molecule has 212 valence electrons. The minimum Gasteiger partial charge on any atom is -0.390 e. The van der Waals surface area contributed by atoms with Gasteiger partial charge in [-0.3, -0.25) is 14.4 Å². The van der Waals surface area contributed by atoms with Gasteiger partial charge < -0.3 is 26.0 Å². The Hall–Kier alpha value is -2.97. The highest BCUT2D eigenvalue weighted by Gasteiger charge is 2.39. The number of hydrogen-bond acceptors (Lipinski definition) is 5. The SMILES string of the molecule is CC(C)CNCC(O)CNC(=O)C(Cc1ccc2ccccc2c1)NC(=O)C1CCCN1C(=O)C1CCCC1. The van der Waals surface area contributed by atoms with Crippen molar-refractivity contribution in [2.24, 2.45) is 11.8 Å². The van der Waals surface area contributed by atoms with Crippen molar-refractivity contribution in [1.82, 2.24) is 20.9 Å². The monoisotopic (exact) mass is 536 g/mol. The van der Waals surface area contributed by atoms with Crippen LogP contribution in [0.5, 0.6) is 0 Å². The summed E-state index contributed by atoms with van der Waals surface area (Å²) in [5.41, 5.74) is 0.929. The van der Waals surface area contributed by atoms with Crippen LogP contribution in [-0.2, 0) is 20.8 Å². The van der Waals surface area contributed by atoms with E-state index in [2.05, 4.69) is 29.8 Å². The predicted molar refractivity (Wildman–Crippen MR) is 153 cm³/mol. The standard InChI is InChI=1S/C31H44N4O4/c1-21(2)18-32-19-26(36)20-33-29(37)27(17-22-13-14-23-8-3-6-11-25(23)16-22)34-30(38)28-12-7-15-35(28)31(39)24-9-4-5-10-24/h3,6,8,11,13-14,16,21,24,26-28,32,36H,4-5,7,9-10,12,15,17-20H2,1-2H3,(H,33,37)(H,34,38). The zero-order chi connectivity index (χ0) is 27.8. The lowest BCUT2D eigenvalue weighted by Gasteiger charge is -2.28. The molecule has 1 saturated carbocycles. The summed E-state index contributed by atoms with van der Waals surface area (Å²) >= 11 is 0. The molecule has 8 heteroatoms. The maximum atomic E-state index is 13.5. The Morgan fingerprint density at radius 3 is 2.44 bits per heavy atom. The van der Waals surface area contributed by atoms with E-state index < -0.39 is 18.2 Å². The normalized spacial score (nSPS) is 19.4. The van der Waals surface area contributed by atoms with E-state index in [1.165, 1.54) is 0 Å². The number of nitrogens with zero attached hydrogens (tertiary/aromatic N) is 1. The van der Waals surface area contributed by atoms with E-state index in [0.29, 0.717) is 31.8 Å². The van der Waals surface area contributed by atoms with Crippen molar-refractivity contribution in [3.63, 3.8) is 0 Å². The topological polar surface area (TPSA) is 111 Å². The second-order valence-corrected chi connectivity index (χ2v) is 11.6. The summed E-state index contributed by atoms with van der Waals surface area (Å²) in [7, 11) is 0. The molecule has 1 aliphatic heterocycles. The van der Waals surface area contributed by atoms with Gasteiger partial charge in [-0.25, -0.2) is 0 Å². The fourth-order valence-electron chi connectivity index (χ4n) is 5.74. The average molecular weight is 537 g/mol. The minimum absolute atomic E-state index is 0.0147. The Morgan fingerprint density at radius 1 is 0.949 bits per heavy atom. The quantitative estimate of drug-likeness (QED) is 0.334. The molecule has 3 unspecified atom stereocenters. The van der Waals surface area contributed by atoms with Crippen LogP contribution in [-0.4, -0.2) is 72.1 Å². The van der Waals surface area contributed by atoms with Crippen LogP contribution < -0.4 is 16.0 Å². The molecule has 3 atom stereocenters. The third-order valence-corrected chi connectivity index (χ3v) is 7.87. The molecule has 2 aromatic carbocycles. The van der Waals surface area contributed by atoms with Crippen LogP contribution in [0.1, 0.15) is 57.9 Å². The van der Waals surface area contributed by atoms with Crippen molar-refractivity contribution in [2.75, 3.05) is 26.2 Å². The highest BCUT2D eigenvalue weighted by atomic mass is 16.3. The fraction of sp³-hybridized carbons (Fsp3) is 0.581. The minimum atomic E-state index is -0.821. The van der Waals surface area contributed by atoms with Crippen LogP contribution >= 0.6 is 0 Å². The van der Waals surface area contributed by atoms with E-state index in [1.54, 1.807) is 4.90 Å². The largest absolute Gasteiger partial charge is 0.390 e. The van der Waals surface area contributed by atoms with E-state index in [0.717, 1.165) is 55.0 Å². The molecular weight excluding hydrogens is 492 g/mol. The molecule has 0 spiro atoms. The van der Waals surface area contributed by atoms with Crippen LogP contribution in [0.3, 0.4) is 0 Å². The summed E-state index contributed by atoms with van der Waals surface area (Å²) in [6.45, 7) is 6.01. The number of aliphatic hydroxyl groups excluding tert-OH is 1. The Labute approximate surface area is 231 Å². The van der Waals surface area contributed by atoms with Crippen LogP contribution in [0.25, 0.3) is 10.8 Å². The molecule has 0 bridgehead atoms. The van der Waals surface area contributed by atoms with E-state index in [1.807, 2.05) is 42.5 Å². The van der Waals surface area contributed by atoms with Crippen molar-refractivity contribution in [1.29, 1.82) is 0 Å². The molecule has 1 saturated heterocycles. The molecule has 2 aliphatic rings. The summed E-state index contributed by atoms with van der Waals surface area (Å²) in [6, 6.07) is 12.7. The maximum Gasteiger partial charge on any atom is 0.243 e. The van der Waals surface area contributed by atoms with Crippen LogP contribution in [0.2, 0.25) is 0 Å². The third kappa shape index (κ3) is 8.02. The Kier molecular flexibility index (Phi) is 10.3. The molecule has 2 fully saturated rings. The van der Waals surface area contributed by atoms with E-state index in [4.69, 9.17) is 0 Å². The van der Waals surface area contributed by atoms with Gasteiger partial charge in [0.1, 0.15) is 12.1 Å². The zero-order valence-corrected chi connectivity index (χ0v) is 23.3. The number of amides is 3. The number of aliphatic hydroxyl groups is 1. The number of likely N-dealkylation sites (tertiary alicyclic amines) is 1. The maximum absolute atomic E-state index is 13.5. The molecule has 8 nitrogen and oxygen atoms in total. The van der Waals surface area contributed by atoms with Crippen molar-refractivity contribution in [3.8, 4) is 0 Å². The summed E-state index contributed by atoms with van der Waals surface area (Å²) in [6.07, 6.45) is 4.88. The molecule has 0 radical (unpaired) electrons. The van der Waals surface area contributed by atoms with Gasteiger partial charge in [0.2, 0.25) is 17.7 Å². The molecule has 1 aliphatic carbocycles. The van der Waals surface area contributed by atoms with E-state index >= 15 is 0 Å². The highest BCUT2D eigenvalue weighted by molar-refractivity contribution is 5.93. The lowest BCUT2D eigenvalue weighted by Crippen LogP contribution is -2.55. The third-order valence-electron chi connectivity index (χ3n) is 7.87. The van der Waals surface area contributed by atoms with Gasteiger partial charge in [0.05, 0.1) is 6.10 Å². The molecular formula is C31H44N4O4. The Morgan fingerprint density at radius 2 is 1.69 bits per heavy atom. The van der Waals surface area contributed by atoms with Gasteiger partial charge in [0, 0.05) is 32.0 Å². The van der Waals surface area contributed by atoms with Gasteiger partial charge in [0.15, 0.2) is 0 Å². The van der Waals surface area contributed by atoms with Crippen molar-refractivity contribution in [3.05, 3.63) is 48.0 Å². The predicted octanol–water partition coefficient (Wildman–Crippen LogP) is 2.77. The number of rotatable bonds is 12. The first-order valence-corrected chi connectivity index (χ1v) is 14.6. The smallest absolute Gasteiger partial charge is 0.243 e. The van der Waals surface area contributed by atoms with Gasteiger partial charge in [0.25, 0.3) is 0 Å². The highest BCUT2D eigenvalue weighted by Crippen LogP contribution is 2.30. The molecule has 1 heterocycles. The van der Waals surface area contributed by atoms with Gasteiger partial charge in [-0.05, 0) is 54.5 Å². The summed E-state index contributed by atoms with van der Waals surface area (Å²) in [5.74, 6) is -0.0624. The second kappa shape index (κ2) is 13.9. The molecule has 0 aromatic heterocycles.